The second kappa shape index (κ2) is 1.93. The number of fused-ring (bicyclic) bond motifs is 1. The van der Waals surface area contributed by atoms with Crippen molar-refractivity contribution in [2.45, 2.75) is 32.6 Å². The summed E-state index contributed by atoms with van der Waals surface area (Å²) < 4.78 is 0. The quantitative estimate of drug-likeness (QED) is 0.491. The Morgan fingerprint density at radius 1 is 1.18 bits per heavy atom. The van der Waals surface area contributed by atoms with Gasteiger partial charge >= 0.3 is 0 Å². The van der Waals surface area contributed by atoms with Crippen molar-refractivity contribution in [3.05, 3.63) is 0 Å². The predicted molar refractivity (Wildman–Crippen MR) is 40.1 cm³/mol. The van der Waals surface area contributed by atoms with Crippen LogP contribution in [0.3, 0.4) is 0 Å². The highest BCUT2D eigenvalue weighted by Crippen LogP contribution is 2.49. The molecular weight excluding hydrogens is 140 g/mol. The van der Waals surface area contributed by atoms with E-state index in [-0.39, 0.29) is 11.6 Å². The third kappa shape index (κ3) is 0.673. The van der Waals surface area contributed by atoms with Gasteiger partial charge in [-0.1, -0.05) is 0 Å². The predicted octanol–water partition coefficient (Wildman–Crippen LogP) is 1.33. The minimum Gasteiger partial charge on any atom is -0.299 e. The summed E-state index contributed by atoms with van der Waals surface area (Å²) in [5.41, 5.74) is -0.556. The van der Waals surface area contributed by atoms with Crippen molar-refractivity contribution in [2.24, 2.45) is 11.3 Å². The van der Waals surface area contributed by atoms with Crippen molar-refractivity contribution in [3.8, 4) is 0 Å². The maximum Gasteiger partial charge on any atom is 0.146 e. The molecule has 2 aliphatic rings. The van der Waals surface area contributed by atoms with Crippen molar-refractivity contribution in [3.63, 3.8) is 0 Å². The lowest BCUT2D eigenvalue weighted by Gasteiger charge is -2.18. The Hall–Kier alpha value is -0.660. The van der Waals surface area contributed by atoms with E-state index in [1.165, 1.54) is 0 Å². The molecule has 0 bridgehead atoms. The molecule has 0 radical (unpaired) electrons. The first kappa shape index (κ1) is 7.01. The minimum absolute atomic E-state index is 0.185. The Balaban J connectivity index is 2.42. The normalized spacial score (nSPS) is 43.2. The van der Waals surface area contributed by atoms with Gasteiger partial charge in [-0.15, -0.1) is 0 Å². The van der Waals surface area contributed by atoms with Crippen LogP contribution < -0.4 is 0 Å². The number of Topliss-reactive ketones (excluding diaryl/α,β-unsaturated/α-hetero) is 2. The third-order valence-electron chi connectivity index (χ3n) is 3.41. The Morgan fingerprint density at radius 2 is 1.64 bits per heavy atom. The Morgan fingerprint density at radius 3 is 2.00 bits per heavy atom. The smallest absolute Gasteiger partial charge is 0.146 e. The summed E-state index contributed by atoms with van der Waals surface area (Å²) in [4.78, 5) is 22.7. The molecule has 0 amide bonds. The van der Waals surface area contributed by atoms with E-state index in [0.717, 1.165) is 12.8 Å². The molecule has 0 N–H and O–H groups in total. The van der Waals surface area contributed by atoms with Gasteiger partial charge in [-0.25, -0.2) is 0 Å². The van der Waals surface area contributed by atoms with Crippen molar-refractivity contribution in [2.75, 3.05) is 0 Å². The average molecular weight is 152 g/mol. The highest BCUT2D eigenvalue weighted by Gasteiger charge is 2.54. The average Bonchev–Trinajstić information content (AvgIpc) is 2.40. The van der Waals surface area contributed by atoms with Crippen LogP contribution in [0, 0.1) is 11.3 Å². The summed E-state index contributed by atoms with van der Waals surface area (Å²) in [5, 5.41) is 0. The Labute approximate surface area is 66.0 Å². The molecule has 0 unspecified atom stereocenters. The summed E-state index contributed by atoms with van der Waals surface area (Å²) >= 11 is 0. The van der Waals surface area contributed by atoms with Gasteiger partial charge in [-0.3, -0.25) is 9.59 Å². The standard InChI is InChI=1S/C9H12O2/c1-9-6(2-4-7(9)10)3-5-8(9)11/h6H,2-5H2,1H3. The van der Waals surface area contributed by atoms with E-state index in [1.807, 2.05) is 6.92 Å². The summed E-state index contributed by atoms with van der Waals surface area (Å²) in [6.45, 7) is 1.84. The molecule has 0 spiro atoms. The molecule has 0 atom stereocenters. The molecule has 11 heavy (non-hydrogen) atoms. The highest BCUT2D eigenvalue weighted by molar-refractivity contribution is 6.09. The van der Waals surface area contributed by atoms with Gasteiger partial charge in [0.1, 0.15) is 11.6 Å². The zero-order valence-corrected chi connectivity index (χ0v) is 6.72. The number of carbonyl (C=O) groups excluding carboxylic acids is 2. The van der Waals surface area contributed by atoms with E-state index in [1.54, 1.807) is 0 Å². The number of carbonyl (C=O) groups is 2. The fourth-order valence-electron chi connectivity index (χ4n) is 2.46. The minimum atomic E-state index is -0.556. The molecular formula is C9H12O2. The topological polar surface area (TPSA) is 34.1 Å². The molecule has 0 aromatic heterocycles. The van der Waals surface area contributed by atoms with Gasteiger partial charge in [-0.2, -0.15) is 0 Å². The molecule has 0 saturated heterocycles. The fraction of sp³-hybridized carbons (Fsp3) is 0.778. The first-order valence-corrected chi connectivity index (χ1v) is 4.22. The number of hydrogen-bond donors (Lipinski definition) is 0. The molecule has 0 aromatic rings. The van der Waals surface area contributed by atoms with Gasteiger partial charge in [0.05, 0.1) is 5.41 Å². The van der Waals surface area contributed by atoms with E-state index in [0.29, 0.717) is 18.8 Å². The summed E-state index contributed by atoms with van der Waals surface area (Å²) in [6, 6.07) is 0. The van der Waals surface area contributed by atoms with Crippen LogP contribution in [0.2, 0.25) is 0 Å². The van der Waals surface area contributed by atoms with Crippen LogP contribution in [-0.2, 0) is 9.59 Å². The van der Waals surface area contributed by atoms with Crippen LogP contribution in [0.5, 0.6) is 0 Å². The molecule has 0 aromatic carbocycles. The van der Waals surface area contributed by atoms with E-state index < -0.39 is 5.41 Å². The van der Waals surface area contributed by atoms with Crippen LogP contribution in [-0.4, -0.2) is 11.6 Å². The van der Waals surface area contributed by atoms with Gasteiger partial charge < -0.3 is 0 Å². The first-order chi connectivity index (χ1) is 5.15. The Bertz CT molecular complexity index is 210. The van der Waals surface area contributed by atoms with Crippen molar-refractivity contribution < 1.29 is 9.59 Å². The van der Waals surface area contributed by atoms with Crippen LogP contribution in [0.4, 0.5) is 0 Å². The van der Waals surface area contributed by atoms with Crippen molar-refractivity contribution >= 4 is 11.6 Å². The van der Waals surface area contributed by atoms with Gasteiger partial charge in [0.15, 0.2) is 0 Å². The second-order valence-corrected chi connectivity index (χ2v) is 3.82. The molecule has 0 heterocycles. The van der Waals surface area contributed by atoms with Gasteiger partial charge in [0, 0.05) is 12.8 Å². The van der Waals surface area contributed by atoms with Crippen LogP contribution >= 0.6 is 0 Å². The first-order valence-electron chi connectivity index (χ1n) is 4.22. The number of hydrogen-bond acceptors (Lipinski definition) is 2. The molecule has 2 rings (SSSR count). The Kier molecular flexibility index (Phi) is 1.23. The van der Waals surface area contributed by atoms with E-state index in [2.05, 4.69) is 0 Å². The molecule has 60 valence electrons. The summed E-state index contributed by atoms with van der Waals surface area (Å²) in [7, 11) is 0. The lowest BCUT2D eigenvalue weighted by Crippen LogP contribution is -2.31. The van der Waals surface area contributed by atoms with Gasteiger partial charge in [0.2, 0.25) is 0 Å². The molecule has 2 fully saturated rings. The zero-order valence-electron chi connectivity index (χ0n) is 6.72. The van der Waals surface area contributed by atoms with Crippen molar-refractivity contribution in [1.82, 2.24) is 0 Å². The number of rotatable bonds is 0. The molecule has 0 aliphatic heterocycles. The molecule has 2 saturated carbocycles. The second-order valence-electron chi connectivity index (χ2n) is 3.82. The zero-order chi connectivity index (χ0) is 8.06. The molecule has 2 heteroatoms. The highest BCUT2D eigenvalue weighted by atomic mass is 16.2. The lowest BCUT2D eigenvalue weighted by molar-refractivity contribution is -0.136. The third-order valence-corrected chi connectivity index (χ3v) is 3.41. The monoisotopic (exact) mass is 152 g/mol. The van der Waals surface area contributed by atoms with E-state index in [4.69, 9.17) is 0 Å². The maximum absolute atomic E-state index is 11.4. The van der Waals surface area contributed by atoms with Gasteiger partial charge in [-0.05, 0) is 25.7 Å². The van der Waals surface area contributed by atoms with Crippen LogP contribution in [0.25, 0.3) is 0 Å². The largest absolute Gasteiger partial charge is 0.299 e. The molecule has 2 aliphatic carbocycles. The number of ketones is 2. The van der Waals surface area contributed by atoms with E-state index in [9.17, 15) is 9.59 Å². The summed E-state index contributed by atoms with van der Waals surface area (Å²) in [5.74, 6) is 0.748. The fourth-order valence-corrected chi connectivity index (χ4v) is 2.46. The van der Waals surface area contributed by atoms with E-state index >= 15 is 0 Å². The lowest BCUT2D eigenvalue weighted by atomic mass is 9.81. The van der Waals surface area contributed by atoms with Crippen LogP contribution in [0.15, 0.2) is 0 Å². The van der Waals surface area contributed by atoms with Crippen LogP contribution in [0.1, 0.15) is 32.6 Å². The summed E-state index contributed by atoms with van der Waals surface area (Å²) in [6.07, 6.45) is 3.15. The molecule has 2 nitrogen and oxygen atoms in total. The van der Waals surface area contributed by atoms with Crippen molar-refractivity contribution in [1.29, 1.82) is 0 Å². The maximum atomic E-state index is 11.4. The van der Waals surface area contributed by atoms with Gasteiger partial charge in [0.25, 0.3) is 0 Å². The SMILES string of the molecule is CC12C(=O)CCC1CCC2=O.